The summed E-state index contributed by atoms with van der Waals surface area (Å²) in [5.41, 5.74) is 1.17. The van der Waals surface area contributed by atoms with Crippen molar-refractivity contribution in [1.82, 2.24) is 9.97 Å². The van der Waals surface area contributed by atoms with Crippen LogP contribution >= 0.6 is 0 Å². The average Bonchev–Trinajstić information content (AvgIpc) is 2.72. The molecule has 9 nitrogen and oxygen atoms in total. The van der Waals surface area contributed by atoms with Crippen LogP contribution < -0.4 is 15.5 Å². The summed E-state index contributed by atoms with van der Waals surface area (Å²) in [7, 11) is -2.59. The van der Waals surface area contributed by atoms with Crippen LogP contribution in [-0.2, 0) is 14.8 Å². The van der Waals surface area contributed by atoms with E-state index in [0.29, 0.717) is 48.1 Å². The molecular weight excluding hydrogens is 461 g/mol. The number of aromatic nitrogens is 2. The molecule has 2 aliphatic rings. The Morgan fingerprint density at radius 3 is 2.48 bits per heavy atom. The van der Waals surface area contributed by atoms with Crippen LogP contribution in [0.3, 0.4) is 0 Å². The topological polar surface area (TPSA) is 117 Å². The average molecular weight is 482 g/mol. The second kappa shape index (κ2) is 8.28. The van der Waals surface area contributed by atoms with Crippen molar-refractivity contribution in [3.8, 4) is 0 Å². The first-order chi connectivity index (χ1) is 15.5. The highest BCUT2D eigenvalue weighted by atomic mass is 32.2. The fraction of sp³-hybridized carbons (Fsp3) is 0.400. The molecule has 1 aliphatic heterocycles. The molecule has 2 heterocycles. The molecule has 1 aromatic heterocycles. The number of hydrogen-bond donors (Lipinski definition) is 2. The van der Waals surface area contributed by atoms with Crippen LogP contribution in [0.5, 0.6) is 0 Å². The highest BCUT2D eigenvalue weighted by Crippen LogP contribution is 2.34. The molecule has 0 spiro atoms. The van der Waals surface area contributed by atoms with Crippen LogP contribution in [0.4, 0.5) is 30.6 Å². The normalized spacial score (nSPS) is 22.7. The van der Waals surface area contributed by atoms with Gasteiger partial charge in [-0.25, -0.2) is 18.2 Å². The summed E-state index contributed by atoms with van der Waals surface area (Å²) in [5.74, 6) is -4.29. The lowest BCUT2D eigenvalue weighted by Gasteiger charge is -2.35. The fourth-order valence-corrected chi connectivity index (χ4v) is 4.56. The Morgan fingerprint density at radius 1 is 1.21 bits per heavy atom. The number of hydrogen-bond acceptors (Lipinski definition) is 7. The first-order valence-electron chi connectivity index (χ1n) is 10.1. The van der Waals surface area contributed by atoms with Crippen molar-refractivity contribution < 1.29 is 26.4 Å². The third kappa shape index (κ3) is 4.36. The molecule has 1 fully saturated rings. The second-order valence-corrected chi connectivity index (χ2v) is 9.74. The Bertz CT molecular complexity index is 1240. The second-order valence-electron chi connectivity index (χ2n) is 8.11. The number of carbonyl (C=O) groups is 1. The van der Waals surface area contributed by atoms with Gasteiger partial charge >= 0.3 is 0 Å². The monoisotopic (exact) mass is 482 g/mol. The van der Waals surface area contributed by atoms with Crippen LogP contribution in [0.2, 0.25) is 0 Å². The lowest BCUT2D eigenvalue weighted by molar-refractivity contribution is -0.117. The lowest BCUT2D eigenvalue weighted by Crippen LogP contribution is -2.45. The Labute approximate surface area is 188 Å². The van der Waals surface area contributed by atoms with Crippen molar-refractivity contribution in [2.75, 3.05) is 22.6 Å². The summed E-state index contributed by atoms with van der Waals surface area (Å²) >= 11 is 0. The Hall–Kier alpha value is -3.22. The minimum absolute atomic E-state index is 0.0387. The Morgan fingerprint density at radius 2 is 1.85 bits per heavy atom. The summed E-state index contributed by atoms with van der Waals surface area (Å²) in [6.07, 6.45) is 2.28. The van der Waals surface area contributed by atoms with E-state index in [1.165, 1.54) is 6.21 Å². The van der Waals surface area contributed by atoms with Gasteiger partial charge in [-0.2, -0.15) is 17.8 Å². The van der Waals surface area contributed by atoms with E-state index in [1.54, 1.807) is 25.8 Å². The van der Waals surface area contributed by atoms with Crippen molar-refractivity contribution >= 4 is 39.6 Å². The zero-order valence-corrected chi connectivity index (χ0v) is 18.8. The molecular formula is C20H21F3N6O3S. The molecule has 1 saturated carbocycles. The van der Waals surface area contributed by atoms with Crippen molar-refractivity contribution in [3.63, 3.8) is 0 Å². The summed E-state index contributed by atoms with van der Waals surface area (Å²) in [6, 6.07) is 0.371. The zero-order valence-electron chi connectivity index (χ0n) is 17.9. The number of rotatable bonds is 5. The van der Waals surface area contributed by atoms with E-state index in [2.05, 4.69) is 25.0 Å². The van der Waals surface area contributed by atoms with E-state index >= 15 is 0 Å². The number of fused-ring (bicyclic) bond motifs is 1. The van der Waals surface area contributed by atoms with Crippen molar-refractivity contribution in [2.45, 2.75) is 43.7 Å². The third-order valence-electron chi connectivity index (χ3n) is 5.79. The smallest absolute Gasteiger partial charge is 0.282 e. The molecule has 2 aromatic rings. The number of amides is 1. The summed E-state index contributed by atoms with van der Waals surface area (Å²) in [4.78, 5) is 21.9. The van der Waals surface area contributed by atoms with E-state index in [1.807, 2.05) is 0 Å². The van der Waals surface area contributed by atoms with Crippen molar-refractivity contribution in [3.05, 3.63) is 35.3 Å². The molecule has 33 heavy (non-hydrogen) atoms. The molecule has 176 valence electrons. The largest absolute Gasteiger partial charge is 0.351 e. The number of halogens is 3. The SMILES string of the molecule is Cc1nc(NC2CC(C=NS(=O)(=O)c3cc(F)c(F)c(F)c3)C2)nc2c1NC(=O)[C@H](C)N2C. The Balaban J connectivity index is 1.40. The first kappa shape index (κ1) is 23.0. The number of anilines is 3. The van der Waals surface area contributed by atoms with Gasteiger partial charge in [-0.1, -0.05) is 0 Å². The number of benzene rings is 1. The van der Waals surface area contributed by atoms with Crippen LogP contribution in [0.25, 0.3) is 0 Å². The number of nitrogens with zero attached hydrogens (tertiary/aromatic N) is 4. The molecule has 4 rings (SSSR count). The maximum atomic E-state index is 13.3. The highest BCUT2D eigenvalue weighted by Gasteiger charge is 2.32. The predicted molar refractivity (Wildman–Crippen MR) is 115 cm³/mol. The van der Waals surface area contributed by atoms with Gasteiger partial charge in [-0.3, -0.25) is 4.79 Å². The van der Waals surface area contributed by atoms with E-state index < -0.39 is 32.4 Å². The minimum atomic E-state index is -4.36. The molecule has 1 amide bonds. The maximum Gasteiger partial charge on any atom is 0.282 e. The zero-order chi connectivity index (χ0) is 24.1. The van der Waals surface area contributed by atoms with E-state index in [4.69, 9.17) is 0 Å². The molecule has 0 radical (unpaired) electrons. The summed E-state index contributed by atoms with van der Waals surface area (Å²) < 4.78 is 67.6. The molecule has 13 heteroatoms. The fourth-order valence-electron chi connectivity index (χ4n) is 3.60. The summed E-state index contributed by atoms with van der Waals surface area (Å²) in [6.45, 7) is 3.53. The number of likely N-dealkylation sites (N-methyl/N-ethyl adjacent to an activating group) is 1. The van der Waals surface area contributed by atoms with E-state index in [9.17, 15) is 26.4 Å². The Kier molecular flexibility index (Phi) is 5.76. The maximum absolute atomic E-state index is 13.3. The van der Waals surface area contributed by atoms with Crippen LogP contribution in [0.1, 0.15) is 25.5 Å². The van der Waals surface area contributed by atoms with Gasteiger partial charge in [0.05, 0.1) is 10.6 Å². The van der Waals surface area contributed by atoms with Gasteiger partial charge in [0.1, 0.15) is 11.7 Å². The number of sulfonamides is 1. The molecule has 0 saturated heterocycles. The van der Waals surface area contributed by atoms with Gasteiger partial charge < -0.3 is 15.5 Å². The predicted octanol–water partition coefficient (Wildman–Crippen LogP) is 2.63. The molecule has 1 aliphatic carbocycles. The van der Waals surface area contributed by atoms with Gasteiger partial charge in [0.2, 0.25) is 11.9 Å². The van der Waals surface area contributed by atoms with Crippen molar-refractivity contribution in [1.29, 1.82) is 0 Å². The number of nitrogens with one attached hydrogen (secondary N) is 2. The molecule has 1 atom stereocenters. The highest BCUT2D eigenvalue weighted by molar-refractivity contribution is 7.90. The quantitative estimate of drug-likeness (QED) is 0.497. The number of aryl methyl sites for hydroxylation is 1. The van der Waals surface area contributed by atoms with Crippen LogP contribution in [-0.4, -0.2) is 49.6 Å². The van der Waals surface area contributed by atoms with Gasteiger partial charge in [-0.15, -0.1) is 0 Å². The molecule has 0 unspecified atom stereocenters. The standard InChI is InChI=1S/C20H21F3N6O3S/c1-9-17-18(29(3)10(2)19(30)27-17)28-20(25-9)26-12-4-11(5-12)8-24-33(31,32)13-6-14(21)16(23)15(22)7-13/h6-8,10-12H,4-5H2,1-3H3,(H,27,30)(H,25,26,28)/t10-,11?,12?/m0/s1. The number of carbonyl (C=O) groups excluding carboxylic acids is 1. The third-order valence-corrected chi connectivity index (χ3v) is 7.02. The van der Waals surface area contributed by atoms with Gasteiger partial charge in [-0.05, 0) is 44.7 Å². The molecule has 2 N–H and O–H groups in total. The summed E-state index contributed by atoms with van der Waals surface area (Å²) in [5, 5.41) is 5.99. The molecule has 0 bridgehead atoms. The molecule has 1 aromatic carbocycles. The minimum Gasteiger partial charge on any atom is -0.351 e. The van der Waals surface area contributed by atoms with Crippen LogP contribution in [0, 0.1) is 30.3 Å². The van der Waals surface area contributed by atoms with Crippen LogP contribution in [0.15, 0.2) is 21.4 Å². The van der Waals surface area contributed by atoms with Crippen molar-refractivity contribution in [2.24, 2.45) is 10.3 Å². The van der Waals surface area contributed by atoms with E-state index in [-0.39, 0.29) is 23.9 Å². The first-order valence-corrected chi connectivity index (χ1v) is 11.5. The lowest BCUT2D eigenvalue weighted by atomic mass is 9.81. The van der Waals surface area contributed by atoms with Gasteiger partial charge in [0.25, 0.3) is 10.0 Å². The van der Waals surface area contributed by atoms with Gasteiger partial charge in [0.15, 0.2) is 23.3 Å². The van der Waals surface area contributed by atoms with Gasteiger partial charge in [0, 0.05) is 19.3 Å². The van der Waals surface area contributed by atoms with E-state index in [0.717, 1.165) is 0 Å².